The van der Waals surface area contributed by atoms with E-state index < -0.39 is 0 Å². The molecule has 0 saturated carbocycles. The van der Waals surface area contributed by atoms with Crippen molar-refractivity contribution < 1.29 is 0 Å². The highest BCUT2D eigenvalue weighted by Crippen LogP contribution is 2.18. The number of H-pyrrole nitrogens is 1. The maximum Gasteiger partial charge on any atom is 0.141 e. The fourth-order valence-electron chi connectivity index (χ4n) is 1.54. The molecule has 90 valence electrons. The molecule has 2 aromatic rings. The topological polar surface area (TPSA) is 53.6 Å². The number of halogens is 1. The molecule has 2 rings (SSSR count). The van der Waals surface area contributed by atoms with Crippen LogP contribution in [0.4, 0.5) is 0 Å². The van der Waals surface area contributed by atoms with Gasteiger partial charge in [0, 0.05) is 11.0 Å². The molecule has 0 spiro atoms. The number of aromatic nitrogens is 3. The zero-order valence-corrected chi connectivity index (χ0v) is 11.5. The second-order valence-electron chi connectivity index (χ2n) is 4.06. The van der Waals surface area contributed by atoms with Gasteiger partial charge in [0.25, 0.3) is 0 Å². The Kier molecular flexibility index (Phi) is 3.91. The van der Waals surface area contributed by atoms with E-state index in [2.05, 4.69) is 68.5 Å². The highest BCUT2D eigenvalue weighted by molar-refractivity contribution is 9.10. The van der Waals surface area contributed by atoms with E-state index in [1.165, 1.54) is 17.5 Å². The smallest absolute Gasteiger partial charge is 0.141 e. The summed E-state index contributed by atoms with van der Waals surface area (Å²) in [7, 11) is 0. The van der Waals surface area contributed by atoms with E-state index in [0.29, 0.717) is 0 Å². The number of hydrogen-bond acceptors (Lipinski definition) is 3. The lowest BCUT2D eigenvalue weighted by Gasteiger charge is -2.11. The Morgan fingerprint density at radius 2 is 2.29 bits per heavy atom. The van der Waals surface area contributed by atoms with E-state index >= 15 is 0 Å². The molecule has 17 heavy (non-hydrogen) atoms. The minimum atomic E-state index is 0.164. The average Bonchev–Trinajstić information content (AvgIpc) is 2.84. The summed E-state index contributed by atoms with van der Waals surface area (Å²) in [5.41, 5.74) is 2.49. The van der Waals surface area contributed by atoms with Crippen LogP contribution in [0.25, 0.3) is 0 Å². The molecule has 0 aliphatic carbocycles. The van der Waals surface area contributed by atoms with Gasteiger partial charge in [0.15, 0.2) is 0 Å². The van der Waals surface area contributed by atoms with Crippen LogP contribution in [-0.4, -0.2) is 15.2 Å². The first-order chi connectivity index (χ1) is 8.16. The van der Waals surface area contributed by atoms with Crippen molar-refractivity contribution in [2.75, 3.05) is 0 Å². The standard InChI is InChI=1S/C12H15BrN4/c1-8-3-4-10(5-11(8)13)6-14-9(2)12-15-7-16-17-12/h3-5,7,9,14H,6H2,1-2H3,(H,15,16,17). The van der Waals surface area contributed by atoms with Crippen LogP contribution < -0.4 is 5.32 Å². The van der Waals surface area contributed by atoms with E-state index in [0.717, 1.165) is 16.8 Å². The van der Waals surface area contributed by atoms with Gasteiger partial charge in [-0.2, -0.15) is 5.10 Å². The van der Waals surface area contributed by atoms with Crippen LogP contribution in [0.1, 0.15) is 29.9 Å². The number of hydrogen-bond donors (Lipinski definition) is 2. The van der Waals surface area contributed by atoms with Crippen LogP contribution >= 0.6 is 15.9 Å². The Morgan fingerprint density at radius 1 is 1.47 bits per heavy atom. The molecule has 0 aliphatic heterocycles. The highest BCUT2D eigenvalue weighted by atomic mass is 79.9. The summed E-state index contributed by atoms with van der Waals surface area (Å²) >= 11 is 3.54. The Bertz CT molecular complexity index is 481. The summed E-state index contributed by atoms with van der Waals surface area (Å²) in [6.07, 6.45) is 1.52. The summed E-state index contributed by atoms with van der Waals surface area (Å²) in [4.78, 5) is 4.12. The summed E-state index contributed by atoms with van der Waals surface area (Å²) in [5.74, 6) is 0.858. The molecule has 1 aromatic heterocycles. The van der Waals surface area contributed by atoms with Gasteiger partial charge in [-0.15, -0.1) is 0 Å². The molecule has 0 bridgehead atoms. The van der Waals surface area contributed by atoms with E-state index in [9.17, 15) is 0 Å². The fourth-order valence-corrected chi connectivity index (χ4v) is 1.96. The Balaban J connectivity index is 1.96. The van der Waals surface area contributed by atoms with E-state index in [1.807, 2.05) is 0 Å². The largest absolute Gasteiger partial charge is 0.303 e. The zero-order chi connectivity index (χ0) is 12.3. The molecular weight excluding hydrogens is 280 g/mol. The average molecular weight is 295 g/mol. The van der Waals surface area contributed by atoms with Crippen molar-refractivity contribution in [3.63, 3.8) is 0 Å². The number of nitrogens with zero attached hydrogens (tertiary/aromatic N) is 2. The molecule has 0 aliphatic rings. The molecule has 1 aromatic carbocycles. The molecular formula is C12H15BrN4. The molecule has 0 radical (unpaired) electrons. The van der Waals surface area contributed by atoms with Gasteiger partial charge in [-0.25, -0.2) is 4.98 Å². The fraction of sp³-hybridized carbons (Fsp3) is 0.333. The van der Waals surface area contributed by atoms with Gasteiger partial charge < -0.3 is 5.32 Å². The van der Waals surface area contributed by atoms with Crippen molar-refractivity contribution in [2.24, 2.45) is 0 Å². The predicted molar refractivity (Wildman–Crippen MR) is 70.5 cm³/mol. The quantitative estimate of drug-likeness (QED) is 0.912. The highest BCUT2D eigenvalue weighted by Gasteiger charge is 2.07. The van der Waals surface area contributed by atoms with Crippen molar-refractivity contribution >= 4 is 15.9 Å². The Labute approximate surface area is 109 Å². The molecule has 0 saturated heterocycles. The van der Waals surface area contributed by atoms with Crippen LogP contribution in [0, 0.1) is 6.92 Å². The number of nitrogens with one attached hydrogen (secondary N) is 2. The summed E-state index contributed by atoms with van der Waals surface area (Å²) in [5, 5.41) is 10.1. The minimum Gasteiger partial charge on any atom is -0.303 e. The SMILES string of the molecule is Cc1ccc(CNC(C)c2ncn[nH]2)cc1Br. The maximum atomic E-state index is 4.12. The summed E-state index contributed by atoms with van der Waals surface area (Å²) in [6.45, 7) is 4.95. The van der Waals surface area contributed by atoms with Gasteiger partial charge in [-0.05, 0) is 31.0 Å². The molecule has 1 unspecified atom stereocenters. The normalized spacial score (nSPS) is 12.6. The van der Waals surface area contributed by atoms with Gasteiger partial charge in [-0.3, -0.25) is 5.10 Å². The number of benzene rings is 1. The van der Waals surface area contributed by atoms with Crippen molar-refractivity contribution in [3.8, 4) is 0 Å². The summed E-state index contributed by atoms with van der Waals surface area (Å²) in [6, 6.07) is 6.54. The van der Waals surface area contributed by atoms with Crippen LogP contribution in [0.3, 0.4) is 0 Å². The third kappa shape index (κ3) is 3.14. The predicted octanol–water partition coefficient (Wildman–Crippen LogP) is 2.73. The third-order valence-electron chi connectivity index (χ3n) is 2.69. The molecule has 2 N–H and O–H groups in total. The lowest BCUT2D eigenvalue weighted by molar-refractivity contribution is 0.548. The number of aromatic amines is 1. The molecule has 5 heteroatoms. The zero-order valence-electron chi connectivity index (χ0n) is 9.87. The van der Waals surface area contributed by atoms with Crippen LogP contribution in [0.2, 0.25) is 0 Å². The summed E-state index contributed by atoms with van der Waals surface area (Å²) < 4.78 is 1.14. The monoisotopic (exact) mass is 294 g/mol. The molecule has 1 atom stereocenters. The number of aryl methyl sites for hydroxylation is 1. The number of rotatable bonds is 4. The minimum absolute atomic E-state index is 0.164. The molecule has 1 heterocycles. The van der Waals surface area contributed by atoms with Crippen LogP contribution in [0.15, 0.2) is 29.0 Å². The van der Waals surface area contributed by atoms with Crippen molar-refractivity contribution in [1.29, 1.82) is 0 Å². The molecule has 4 nitrogen and oxygen atoms in total. The first-order valence-electron chi connectivity index (χ1n) is 5.50. The van der Waals surface area contributed by atoms with Gasteiger partial charge in [0.1, 0.15) is 12.2 Å². The second kappa shape index (κ2) is 5.42. The van der Waals surface area contributed by atoms with Gasteiger partial charge in [-0.1, -0.05) is 28.1 Å². The second-order valence-corrected chi connectivity index (χ2v) is 4.91. The first kappa shape index (κ1) is 12.3. The Morgan fingerprint density at radius 3 is 2.94 bits per heavy atom. The van der Waals surface area contributed by atoms with E-state index in [4.69, 9.17) is 0 Å². The molecule has 0 amide bonds. The Hall–Kier alpha value is -1.20. The molecule has 0 fully saturated rings. The van der Waals surface area contributed by atoms with Crippen LogP contribution in [0.5, 0.6) is 0 Å². The van der Waals surface area contributed by atoms with Gasteiger partial charge >= 0.3 is 0 Å². The van der Waals surface area contributed by atoms with E-state index in [-0.39, 0.29) is 6.04 Å². The third-order valence-corrected chi connectivity index (χ3v) is 3.55. The van der Waals surface area contributed by atoms with Crippen molar-refractivity contribution in [1.82, 2.24) is 20.5 Å². The van der Waals surface area contributed by atoms with Crippen LogP contribution in [-0.2, 0) is 6.54 Å². The van der Waals surface area contributed by atoms with Gasteiger partial charge in [0.05, 0.1) is 6.04 Å². The van der Waals surface area contributed by atoms with E-state index in [1.54, 1.807) is 0 Å². The van der Waals surface area contributed by atoms with Gasteiger partial charge in [0.2, 0.25) is 0 Å². The van der Waals surface area contributed by atoms with Crippen molar-refractivity contribution in [2.45, 2.75) is 26.4 Å². The maximum absolute atomic E-state index is 4.12. The van der Waals surface area contributed by atoms with Crippen molar-refractivity contribution in [3.05, 3.63) is 46.0 Å². The lowest BCUT2D eigenvalue weighted by atomic mass is 10.1. The first-order valence-corrected chi connectivity index (χ1v) is 6.30. The lowest BCUT2D eigenvalue weighted by Crippen LogP contribution is -2.19.